The van der Waals surface area contributed by atoms with E-state index in [1.54, 1.807) is 18.0 Å². The van der Waals surface area contributed by atoms with Gasteiger partial charge in [-0.2, -0.15) is 13.2 Å². The van der Waals surface area contributed by atoms with Crippen LogP contribution in [0.15, 0.2) is 6.07 Å². The largest absolute Gasteiger partial charge is 0.451 e. The lowest BCUT2D eigenvalue weighted by atomic mass is 10.2. The van der Waals surface area contributed by atoms with Crippen LogP contribution in [0.1, 0.15) is 45.4 Å². The molecule has 0 spiro atoms. The van der Waals surface area contributed by atoms with Crippen LogP contribution < -0.4 is 10.2 Å². The molecule has 1 aromatic heterocycles. The molecule has 0 amide bonds. The third-order valence-electron chi connectivity index (χ3n) is 3.01. The summed E-state index contributed by atoms with van der Waals surface area (Å²) in [5.41, 5.74) is 0. The van der Waals surface area contributed by atoms with Crippen molar-refractivity contribution in [1.29, 1.82) is 0 Å². The van der Waals surface area contributed by atoms with Gasteiger partial charge in [-0.05, 0) is 12.8 Å². The number of unbranched alkanes of at least 4 members (excludes halogenated alkanes) is 2. The van der Waals surface area contributed by atoms with Gasteiger partial charge in [-0.3, -0.25) is 0 Å². The summed E-state index contributed by atoms with van der Waals surface area (Å²) < 4.78 is 38.6. The molecule has 0 aromatic carbocycles. The molecule has 1 rings (SSSR count). The van der Waals surface area contributed by atoms with Gasteiger partial charge >= 0.3 is 6.18 Å². The Morgan fingerprint density at radius 3 is 2.43 bits per heavy atom. The minimum Gasteiger partial charge on any atom is -0.370 e. The van der Waals surface area contributed by atoms with Crippen LogP contribution >= 0.6 is 0 Å². The van der Waals surface area contributed by atoms with E-state index in [-0.39, 0.29) is 5.82 Å². The molecule has 0 saturated carbocycles. The standard InChI is InChI=1S/C14H23F3N4/c1-4-6-7-9-21(3)12-10-11(18-8-5-2)19-13(20-12)14(15,16)17/h10H,4-9H2,1-3H3,(H,18,19,20). The van der Waals surface area contributed by atoms with Crippen molar-refractivity contribution in [3.8, 4) is 0 Å². The smallest absolute Gasteiger partial charge is 0.370 e. The molecule has 0 aliphatic carbocycles. The van der Waals surface area contributed by atoms with Crippen LogP contribution in [0.5, 0.6) is 0 Å². The number of rotatable bonds is 8. The molecule has 1 aromatic rings. The van der Waals surface area contributed by atoms with E-state index in [1.165, 1.54) is 0 Å². The number of hydrogen-bond acceptors (Lipinski definition) is 4. The summed E-state index contributed by atoms with van der Waals surface area (Å²) in [6.45, 7) is 5.28. The van der Waals surface area contributed by atoms with Crippen molar-refractivity contribution in [2.45, 2.75) is 45.7 Å². The number of halogens is 3. The molecule has 120 valence electrons. The summed E-state index contributed by atoms with van der Waals surface area (Å²) in [5, 5.41) is 2.89. The van der Waals surface area contributed by atoms with Crippen LogP contribution in [0, 0.1) is 0 Å². The average Bonchev–Trinajstić information content (AvgIpc) is 2.44. The van der Waals surface area contributed by atoms with Crippen LogP contribution in [0.4, 0.5) is 24.8 Å². The van der Waals surface area contributed by atoms with E-state index in [9.17, 15) is 13.2 Å². The lowest BCUT2D eigenvalue weighted by Gasteiger charge is -2.20. The second kappa shape index (κ2) is 8.05. The summed E-state index contributed by atoms with van der Waals surface area (Å²) in [7, 11) is 1.75. The molecule has 0 unspecified atom stereocenters. The van der Waals surface area contributed by atoms with Crippen LogP contribution in [0.2, 0.25) is 0 Å². The first-order chi connectivity index (χ1) is 9.88. The van der Waals surface area contributed by atoms with Crippen LogP contribution in [-0.2, 0) is 6.18 Å². The van der Waals surface area contributed by atoms with Gasteiger partial charge in [0, 0.05) is 26.2 Å². The predicted octanol–water partition coefficient (Wildman–Crippen LogP) is 3.94. The Morgan fingerprint density at radius 1 is 1.14 bits per heavy atom. The molecule has 21 heavy (non-hydrogen) atoms. The zero-order valence-electron chi connectivity index (χ0n) is 12.8. The van der Waals surface area contributed by atoms with Gasteiger partial charge in [0.15, 0.2) is 0 Å². The normalized spacial score (nSPS) is 11.5. The molecular formula is C14H23F3N4. The van der Waals surface area contributed by atoms with Crippen molar-refractivity contribution in [2.24, 2.45) is 0 Å². The number of nitrogens with zero attached hydrogens (tertiary/aromatic N) is 3. The minimum atomic E-state index is -4.54. The van der Waals surface area contributed by atoms with E-state index < -0.39 is 12.0 Å². The van der Waals surface area contributed by atoms with E-state index in [1.807, 2.05) is 6.92 Å². The molecule has 0 bridgehead atoms. The molecule has 0 aliphatic heterocycles. The second-order valence-corrected chi connectivity index (χ2v) is 4.99. The fraction of sp³-hybridized carbons (Fsp3) is 0.714. The van der Waals surface area contributed by atoms with E-state index in [4.69, 9.17) is 0 Å². The first kappa shape index (κ1) is 17.5. The quantitative estimate of drug-likeness (QED) is 0.739. The first-order valence-corrected chi connectivity index (χ1v) is 7.29. The van der Waals surface area contributed by atoms with Gasteiger partial charge in [0.1, 0.15) is 11.6 Å². The Kier molecular flexibility index (Phi) is 6.71. The van der Waals surface area contributed by atoms with Crippen LogP contribution in [-0.4, -0.2) is 30.1 Å². The maximum atomic E-state index is 12.9. The molecule has 0 aliphatic rings. The van der Waals surface area contributed by atoms with Gasteiger partial charge in [0.25, 0.3) is 0 Å². The highest BCUT2D eigenvalue weighted by Gasteiger charge is 2.35. The summed E-state index contributed by atoms with van der Waals surface area (Å²) in [4.78, 5) is 8.93. The van der Waals surface area contributed by atoms with E-state index in [2.05, 4.69) is 22.2 Å². The number of aromatic nitrogens is 2. The Morgan fingerprint density at radius 2 is 1.86 bits per heavy atom. The molecule has 0 saturated heterocycles. The molecule has 1 N–H and O–H groups in total. The molecule has 1 heterocycles. The maximum absolute atomic E-state index is 12.9. The van der Waals surface area contributed by atoms with Gasteiger partial charge in [0.05, 0.1) is 0 Å². The number of alkyl halides is 3. The van der Waals surface area contributed by atoms with Crippen molar-refractivity contribution in [2.75, 3.05) is 30.4 Å². The highest BCUT2D eigenvalue weighted by atomic mass is 19.4. The van der Waals surface area contributed by atoms with Gasteiger partial charge in [-0.15, -0.1) is 0 Å². The summed E-state index contributed by atoms with van der Waals surface area (Å²) in [5.74, 6) is -0.579. The lowest BCUT2D eigenvalue weighted by Crippen LogP contribution is -2.23. The highest BCUT2D eigenvalue weighted by Crippen LogP contribution is 2.29. The van der Waals surface area contributed by atoms with Crippen LogP contribution in [0.3, 0.4) is 0 Å². The van der Waals surface area contributed by atoms with Gasteiger partial charge in [-0.1, -0.05) is 26.7 Å². The fourth-order valence-corrected chi connectivity index (χ4v) is 1.81. The third-order valence-corrected chi connectivity index (χ3v) is 3.01. The zero-order chi connectivity index (χ0) is 15.9. The van der Waals surface area contributed by atoms with Gasteiger partial charge in [0.2, 0.25) is 5.82 Å². The predicted molar refractivity (Wildman–Crippen MR) is 78.6 cm³/mol. The Hall–Kier alpha value is -1.53. The number of anilines is 2. The summed E-state index contributed by atoms with van der Waals surface area (Å²) in [6.07, 6.45) is -0.691. The maximum Gasteiger partial charge on any atom is 0.451 e. The average molecular weight is 304 g/mol. The lowest BCUT2D eigenvalue weighted by molar-refractivity contribution is -0.144. The second-order valence-electron chi connectivity index (χ2n) is 4.99. The van der Waals surface area contributed by atoms with Crippen molar-refractivity contribution in [3.63, 3.8) is 0 Å². The minimum absolute atomic E-state index is 0.219. The molecule has 0 atom stereocenters. The van der Waals surface area contributed by atoms with E-state index >= 15 is 0 Å². The Bertz CT molecular complexity index is 435. The molecule has 0 radical (unpaired) electrons. The summed E-state index contributed by atoms with van der Waals surface area (Å²) in [6, 6.07) is 1.57. The number of nitrogens with one attached hydrogen (secondary N) is 1. The molecule has 4 nitrogen and oxygen atoms in total. The third kappa shape index (κ3) is 5.77. The monoisotopic (exact) mass is 304 g/mol. The van der Waals surface area contributed by atoms with Crippen molar-refractivity contribution >= 4 is 11.6 Å². The van der Waals surface area contributed by atoms with E-state index in [0.29, 0.717) is 18.9 Å². The first-order valence-electron chi connectivity index (χ1n) is 7.29. The number of hydrogen-bond donors (Lipinski definition) is 1. The van der Waals surface area contributed by atoms with Crippen molar-refractivity contribution in [3.05, 3.63) is 11.9 Å². The van der Waals surface area contributed by atoms with Crippen molar-refractivity contribution < 1.29 is 13.2 Å². The summed E-state index contributed by atoms with van der Waals surface area (Å²) >= 11 is 0. The molecular weight excluding hydrogens is 281 g/mol. The topological polar surface area (TPSA) is 41.0 Å². The fourth-order valence-electron chi connectivity index (χ4n) is 1.81. The molecule has 7 heteroatoms. The highest BCUT2D eigenvalue weighted by molar-refractivity contribution is 5.49. The Labute approximate surface area is 123 Å². The van der Waals surface area contributed by atoms with Crippen molar-refractivity contribution in [1.82, 2.24) is 9.97 Å². The van der Waals surface area contributed by atoms with Gasteiger partial charge in [-0.25, -0.2) is 9.97 Å². The Balaban J connectivity index is 2.95. The van der Waals surface area contributed by atoms with Gasteiger partial charge < -0.3 is 10.2 Å². The van der Waals surface area contributed by atoms with Crippen LogP contribution in [0.25, 0.3) is 0 Å². The zero-order valence-corrected chi connectivity index (χ0v) is 12.8. The SMILES string of the molecule is CCCCCN(C)c1cc(NCCC)nc(C(F)(F)F)n1. The van der Waals surface area contributed by atoms with E-state index in [0.717, 1.165) is 25.7 Å². The molecule has 0 fully saturated rings.